The normalized spacial score (nSPS) is 23.2. The number of hydrogen-bond donors (Lipinski definition) is 2. The van der Waals surface area contributed by atoms with Gasteiger partial charge in [0.15, 0.2) is 0 Å². The van der Waals surface area contributed by atoms with Gasteiger partial charge in [0.25, 0.3) is 10.2 Å². The lowest BCUT2D eigenvalue weighted by Crippen LogP contribution is -2.52. The van der Waals surface area contributed by atoms with Crippen LogP contribution in [0.3, 0.4) is 0 Å². The summed E-state index contributed by atoms with van der Waals surface area (Å²) in [4.78, 5) is 0. The minimum absolute atomic E-state index is 0.0654. The van der Waals surface area contributed by atoms with E-state index in [4.69, 9.17) is 4.74 Å². The lowest BCUT2D eigenvalue weighted by atomic mass is 10.2. The molecule has 0 spiro atoms. The van der Waals surface area contributed by atoms with E-state index in [9.17, 15) is 8.42 Å². The molecule has 1 fully saturated rings. The third-order valence-corrected chi connectivity index (χ3v) is 4.09. The molecule has 0 radical (unpaired) electrons. The van der Waals surface area contributed by atoms with Crippen LogP contribution in [-0.4, -0.2) is 58.7 Å². The van der Waals surface area contributed by atoms with Crippen LogP contribution in [-0.2, 0) is 14.9 Å². The van der Waals surface area contributed by atoms with Crippen molar-refractivity contribution in [1.82, 2.24) is 14.3 Å². The van der Waals surface area contributed by atoms with Crippen LogP contribution < -0.4 is 10.0 Å². The molecule has 1 aliphatic rings. The molecule has 0 amide bonds. The van der Waals surface area contributed by atoms with E-state index in [-0.39, 0.29) is 6.10 Å². The van der Waals surface area contributed by atoms with Gasteiger partial charge in [-0.2, -0.15) is 12.7 Å². The van der Waals surface area contributed by atoms with E-state index in [1.807, 2.05) is 20.9 Å². The number of likely N-dealkylation sites (N-methyl/N-ethyl adjacent to an activating group) is 1. The largest absolute Gasteiger partial charge is 0.374 e. The van der Waals surface area contributed by atoms with Crippen molar-refractivity contribution >= 4 is 10.2 Å². The fourth-order valence-electron chi connectivity index (χ4n) is 1.63. The van der Waals surface area contributed by atoms with Crippen molar-refractivity contribution in [3.63, 3.8) is 0 Å². The van der Waals surface area contributed by atoms with Crippen LogP contribution in [0.5, 0.6) is 0 Å². The molecule has 0 aromatic rings. The average Bonchev–Trinajstić information content (AvgIpc) is 2.27. The molecule has 17 heavy (non-hydrogen) atoms. The second-order valence-corrected chi connectivity index (χ2v) is 6.41. The summed E-state index contributed by atoms with van der Waals surface area (Å²) in [6.07, 6.45) is -0.0654. The number of nitrogens with one attached hydrogen (secondary N) is 2. The highest BCUT2D eigenvalue weighted by Gasteiger charge is 2.28. The predicted molar refractivity (Wildman–Crippen MR) is 67.0 cm³/mol. The van der Waals surface area contributed by atoms with Crippen LogP contribution >= 0.6 is 0 Å². The topological polar surface area (TPSA) is 70.7 Å². The standard InChI is InChI=1S/C10H23N3O3S/c1-9(2)6-12-17(14,15)13-4-5-16-10(8-13)7-11-3/h9-12H,4-8H2,1-3H3. The van der Waals surface area contributed by atoms with Crippen LogP contribution in [0.15, 0.2) is 0 Å². The Morgan fingerprint density at radius 3 is 2.76 bits per heavy atom. The highest BCUT2D eigenvalue weighted by atomic mass is 32.2. The molecule has 1 rings (SSSR count). The SMILES string of the molecule is CNCC1CN(S(=O)(=O)NCC(C)C)CCO1. The quantitative estimate of drug-likeness (QED) is 0.672. The van der Waals surface area contributed by atoms with E-state index in [1.165, 1.54) is 4.31 Å². The highest BCUT2D eigenvalue weighted by Crippen LogP contribution is 2.08. The molecule has 1 heterocycles. The average molecular weight is 265 g/mol. The summed E-state index contributed by atoms with van der Waals surface area (Å²) in [5.41, 5.74) is 0. The van der Waals surface area contributed by atoms with Crippen molar-refractivity contribution in [1.29, 1.82) is 0 Å². The van der Waals surface area contributed by atoms with Gasteiger partial charge in [-0.25, -0.2) is 4.72 Å². The minimum Gasteiger partial charge on any atom is -0.374 e. The molecule has 2 N–H and O–H groups in total. The zero-order chi connectivity index (χ0) is 12.9. The number of nitrogens with zero attached hydrogens (tertiary/aromatic N) is 1. The van der Waals surface area contributed by atoms with Gasteiger partial charge in [0.1, 0.15) is 0 Å². The monoisotopic (exact) mass is 265 g/mol. The van der Waals surface area contributed by atoms with Crippen molar-refractivity contribution in [2.24, 2.45) is 5.92 Å². The molecule has 0 aromatic heterocycles. The van der Waals surface area contributed by atoms with E-state index in [0.717, 1.165) is 0 Å². The fourth-order valence-corrected chi connectivity index (χ4v) is 3.03. The second-order valence-electron chi connectivity index (χ2n) is 4.66. The maximum absolute atomic E-state index is 12.0. The number of rotatable bonds is 6. The Kier molecular flexibility index (Phi) is 5.81. The Morgan fingerprint density at radius 1 is 1.47 bits per heavy atom. The molecular weight excluding hydrogens is 242 g/mol. The first-order valence-corrected chi connectivity index (χ1v) is 7.40. The molecule has 6 nitrogen and oxygen atoms in total. The third kappa shape index (κ3) is 4.89. The zero-order valence-corrected chi connectivity index (χ0v) is 11.6. The molecule has 102 valence electrons. The number of hydrogen-bond acceptors (Lipinski definition) is 4. The summed E-state index contributed by atoms with van der Waals surface area (Å²) in [7, 11) is -1.53. The second kappa shape index (κ2) is 6.65. The Morgan fingerprint density at radius 2 is 2.18 bits per heavy atom. The van der Waals surface area contributed by atoms with Crippen molar-refractivity contribution in [2.75, 3.05) is 39.8 Å². The minimum atomic E-state index is -3.35. The van der Waals surface area contributed by atoms with Crippen LogP contribution in [0.25, 0.3) is 0 Å². The lowest BCUT2D eigenvalue weighted by Gasteiger charge is -2.32. The fraction of sp³-hybridized carbons (Fsp3) is 1.00. The first kappa shape index (κ1) is 14.8. The van der Waals surface area contributed by atoms with Gasteiger partial charge in [-0.3, -0.25) is 0 Å². The Balaban J connectivity index is 2.52. The molecule has 7 heteroatoms. The molecule has 0 aliphatic carbocycles. The molecule has 1 atom stereocenters. The number of morpholine rings is 1. The maximum atomic E-state index is 12.0. The number of ether oxygens (including phenoxy) is 1. The maximum Gasteiger partial charge on any atom is 0.279 e. The predicted octanol–water partition coefficient (Wildman–Crippen LogP) is -0.603. The van der Waals surface area contributed by atoms with Crippen molar-refractivity contribution in [2.45, 2.75) is 20.0 Å². The van der Waals surface area contributed by atoms with E-state index in [2.05, 4.69) is 10.0 Å². The van der Waals surface area contributed by atoms with Gasteiger partial charge >= 0.3 is 0 Å². The van der Waals surface area contributed by atoms with Gasteiger partial charge in [-0.05, 0) is 13.0 Å². The van der Waals surface area contributed by atoms with Crippen molar-refractivity contribution in [3.05, 3.63) is 0 Å². The van der Waals surface area contributed by atoms with Crippen LogP contribution in [0.2, 0.25) is 0 Å². The van der Waals surface area contributed by atoms with Gasteiger partial charge in [0.2, 0.25) is 0 Å². The smallest absolute Gasteiger partial charge is 0.279 e. The summed E-state index contributed by atoms with van der Waals surface area (Å²) < 4.78 is 33.5. The van der Waals surface area contributed by atoms with Crippen molar-refractivity contribution in [3.8, 4) is 0 Å². The summed E-state index contributed by atoms with van der Waals surface area (Å²) in [6, 6.07) is 0. The molecule has 0 bridgehead atoms. The summed E-state index contributed by atoms with van der Waals surface area (Å²) in [6.45, 7) is 6.38. The van der Waals surface area contributed by atoms with Crippen molar-refractivity contribution < 1.29 is 13.2 Å². The van der Waals surface area contributed by atoms with Gasteiger partial charge in [0, 0.05) is 26.2 Å². The first-order valence-electron chi connectivity index (χ1n) is 5.96. The van der Waals surface area contributed by atoms with Gasteiger partial charge in [-0.1, -0.05) is 13.8 Å². The molecule has 0 saturated carbocycles. The molecule has 1 unspecified atom stereocenters. The zero-order valence-electron chi connectivity index (χ0n) is 10.8. The third-order valence-electron chi connectivity index (χ3n) is 2.55. The molecular formula is C10H23N3O3S. The van der Waals surface area contributed by atoms with Gasteiger partial charge < -0.3 is 10.1 Å². The first-order chi connectivity index (χ1) is 7.95. The summed E-state index contributed by atoms with van der Waals surface area (Å²) in [5.74, 6) is 0.305. The van der Waals surface area contributed by atoms with Crippen LogP contribution in [0.1, 0.15) is 13.8 Å². The lowest BCUT2D eigenvalue weighted by molar-refractivity contribution is 0.000443. The van der Waals surface area contributed by atoms with E-state index >= 15 is 0 Å². The van der Waals surface area contributed by atoms with E-state index < -0.39 is 10.2 Å². The van der Waals surface area contributed by atoms with Gasteiger partial charge in [-0.15, -0.1) is 0 Å². The Hall–Kier alpha value is -0.210. The van der Waals surface area contributed by atoms with E-state index in [0.29, 0.717) is 38.7 Å². The summed E-state index contributed by atoms with van der Waals surface area (Å²) in [5, 5.41) is 2.99. The Labute approximate surface area is 104 Å². The molecule has 0 aromatic carbocycles. The molecule has 1 saturated heterocycles. The van der Waals surface area contributed by atoms with Crippen LogP contribution in [0.4, 0.5) is 0 Å². The summed E-state index contributed by atoms with van der Waals surface area (Å²) >= 11 is 0. The highest BCUT2D eigenvalue weighted by molar-refractivity contribution is 7.87. The van der Waals surface area contributed by atoms with Crippen LogP contribution in [0, 0.1) is 5.92 Å². The Bertz CT molecular complexity index is 317. The molecule has 1 aliphatic heterocycles. The van der Waals surface area contributed by atoms with E-state index in [1.54, 1.807) is 0 Å². The van der Waals surface area contributed by atoms with Gasteiger partial charge in [0.05, 0.1) is 12.7 Å².